The summed E-state index contributed by atoms with van der Waals surface area (Å²) in [6.45, 7) is 0.854. The molecule has 2 saturated carbocycles. The Morgan fingerprint density at radius 1 is 1.00 bits per heavy atom. The molecule has 0 unspecified atom stereocenters. The second-order valence-electron chi connectivity index (χ2n) is 6.52. The summed E-state index contributed by atoms with van der Waals surface area (Å²) >= 11 is 0. The van der Waals surface area contributed by atoms with Gasteiger partial charge in [-0.05, 0) is 44.4 Å². The fourth-order valence-corrected chi connectivity index (χ4v) is 4.02. The summed E-state index contributed by atoms with van der Waals surface area (Å²) in [5, 5.41) is 0. The molecule has 2 rings (SSSR count). The van der Waals surface area contributed by atoms with Crippen LogP contribution in [0.15, 0.2) is 0 Å². The number of nitrogens with two attached hydrogens (primary N) is 1. The van der Waals surface area contributed by atoms with Gasteiger partial charge in [-0.1, -0.05) is 25.7 Å². The summed E-state index contributed by atoms with van der Waals surface area (Å²) in [6, 6.07) is 0.551. The lowest BCUT2D eigenvalue weighted by Crippen LogP contribution is -2.51. The summed E-state index contributed by atoms with van der Waals surface area (Å²) in [5.41, 5.74) is 5.71. The molecule has 0 aromatic heterocycles. The third-order valence-electron chi connectivity index (χ3n) is 5.08. The number of amides is 2. The average Bonchev–Trinajstić information content (AvgIpc) is 2.70. The van der Waals surface area contributed by atoms with E-state index in [1.165, 1.54) is 25.7 Å². The van der Waals surface area contributed by atoms with E-state index in [0.29, 0.717) is 18.0 Å². The van der Waals surface area contributed by atoms with E-state index in [2.05, 4.69) is 0 Å². The van der Waals surface area contributed by atoms with Gasteiger partial charge in [-0.3, -0.25) is 0 Å². The van der Waals surface area contributed by atoms with E-state index in [0.717, 1.165) is 45.1 Å². The first-order valence-corrected chi connectivity index (χ1v) is 8.29. The fraction of sp³-hybridized carbons (Fsp3) is 0.938. The maximum Gasteiger partial charge on any atom is 0.315 e. The number of hydrogen-bond donors (Lipinski definition) is 1. The second-order valence-corrected chi connectivity index (χ2v) is 6.52. The van der Waals surface area contributed by atoms with Crippen molar-refractivity contribution >= 4 is 6.03 Å². The van der Waals surface area contributed by atoms with E-state index in [9.17, 15) is 4.79 Å². The molecule has 0 aromatic carbocycles. The predicted molar refractivity (Wildman–Crippen MR) is 80.5 cm³/mol. The molecular weight excluding hydrogens is 252 g/mol. The number of hydrogen-bond acceptors (Lipinski definition) is 2. The maximum absolute atomic E-state index is 11.9. The molecule has 4 heteroatoms. The topological polar surface area (TPSA) is 55.6 Å². The maximum atomic E-state index is 11.9. The van der Waals surface area contributed by atoms with Crippen LogP contribution < -0.4 is 5.73 Å². The van der Waals surface area contributed by atoms with Crippen molar-refractivity contribution in [2.45, 2.75) is 76.3 Å². The van der Waals surface area contributed by atoms with Crippen LogP contribution in [0.2, 0.25) is 0 Å². The third-order valence-corrected chi connectivity index (χ3v) is 5.08. The Hall–Kier alpha value is -0.770. The largest absolute Gasteiger partial charge is 0.384 e. The Labute approximate surface area is 123 Å². The molecule has 0 aliphatic heterocycles. The molecule has 4 nitrogen and oxygen atoms in total. The highest BCUT2D eigenvalue weighted by Gasteiger charge is 2.32. The normalized spacial score (nSPS) is 28.9. The number of carbonyl (C=O) groups excluding carboxylic acids is 1. The molecule has 0 spiro atoms. The Kier molecular flexibility index (Phi) is 6.14. The first-order valence-electron chi connectivity index (χ1n) is 8.29. The molecular formula is C16H30N2O2. The number of nitrogens with zero attached hydrogens (tertiary/aromatic N) is 1. The molecule has 116 valence electrons. The molecule has 2 amide bonds. The molecule has 0 atom stereocenters. The van der Waals surface area contributed by atoms with Crippen LogP contribution in [0.3, 0.4) is 0 Å². The molecule has 2 aliphatic rings. The number of carbonyl (C=O) groups is 1. The number of primary amides is 1. The van der Waals surface area contributed by atoms with Crippen LogP contribution in [-0.4, -0.2) is 36.7 Å². The highest BCUT2D eigenvalue weighted by atomic mass is 16.5. The van der Waals surface area contributed by atoms with Gasteiger partial charge in [0.15, 0.2) is 0 Å². The highest BCUT2D eigenvalue weighted by molar-refractivity contribution is 5.72. The molecule has 0 radical (unpaired) electrons. The number of rotatable bonds is 4. The minimum Gasteiger partial charge on any atom is -0.384 e. The predicted octanol–water partition coefficient (Wildman–Crippen LogP) is 3.30. The van der Waals surface area contributed by atoms with Gasteiger partial charge in [0.25, 0.3) is 0 Å². The van der Waals surface area contributed by atoms with Crippen LogP contribution in [0.5, 0.6) is 0 Å². The van der Waals surface area contributed by atoms with Crippen molar-refractivity contribution in [3.63, 3.8) is 0 Å². The smallest absolute Gasteiger partial charge is 0.315 e. The van der Waals surface area contributed by atoms with E-state index < -0.39 is 0 Å². The van der Waals surface area contributed by atoms with Crippen LogP contribution >= 0.6 is 0 Å². The lowest BCUT2D eigenvalue weighted by atomic mass is 9.85. The van der Waals surface area contributed by atoms with Crippen LogP contribution in [0.1, 0.15) is 64.2 Å². The molecule has 2 fully saturated rings. The summed E-state index contributed by atoms with van der Waals surface area (Å²) < 4.78 is 5.25. The van der Waals surface area contributed by atoms with Crippen LogP contribution in [0.25, 0.3) is 0 Å². The zero-order chi connectivity index (χ0) is 14.4. The van der Waals surface area contributed by atoms with Crippen molar-refractivity contribution in [2.24, 2.45) is 11.7 Å². The minimum absolute atomic E-state index is 0.202. The Morgan fingerprint density at radius 2 is 1.55 bits per heavy atom. The standard InChI is InChI=1S/C16H30N2O2/c1-20-12-13-8-10-15(11-9-13)18(16(17)19)14-6-4-2-3-5-7-14/h13-15H,2-12H2,1H3,(H2,17,19)/t13-,15-. The van der Waals surface area contributed by atoms with Crippen LogP contribution in [0, 0.1) is 5.92 Å². The van der Waals surface area contributed by atoms with Gasteiger partial charge in [0.05, 0.1) is 0 Å². The van der Waals surface area contributed by atoms with Crippen molar-refractivity contribution in [1.82, 2.24) is 4.90 Å². The third kappa shape index (κ3) is 4.11. The first-order chi connectivity index (χ1) is 9.72. The van der Waals surface area contributed by atoms with E-state index >= 15 is 0 Å². The van der Waals surface area contributed by atoms with Crippen molar-refractivity contribution in [3.05, 3.63) is 0 Å². The summed E-state index contributed by atoms with van der Waals surface area (Å²) in [7, 11) is 1.77. The molecule has 0 aromatic rings. The Balaban J connectivity index is 1.93. The van der Waals surface area contributed by atoms with Gasteiger partial charge in [0.2, 0.25) is 0 Å². The average molecular weight is 282 g/mol. The van der Waals surface area contributed by atoms with Crippen LogP contribution in [-0.2, 0) is 4.74 Å². The zero-order valence-corrected chi connectivity index (χ0v) is 12.9. The van der Waals surface area contributed by atoms with E-state index in [1.807, 2.05) is 4.90 Å². The highest BCUT2D eigenvalue weighted by Crippen LogP contribution is 2.32. The van der Waals surface area contributed by atoms with Crippen molar-refractivity contribution in [1.29, 1.82) is 0 Å². The van der Waals surface area contributed by atoms with Gasteiger partial charge >= 0.3 is 6.03 Å². The van der Waals surface area contributed by atoms with Gasteiger partial charge in [0.1, 0.15) is 0 Å². The number of urea groups is 1. The first kappa shape index (κ1) is 15.6. The van der Waals surface area contributed by atoms with Gasteiger partial charge in [-0.15, -0.1) is 0 Å². The molecule has 0 saturated heterocycles. The Morgan fingerprint density at radius 3 is 2.05 bits per heavy atom. The van der Waals surface area contributed by atoms with Gasteiger partial charge in [-0.25, -0.2) is 4.79 Å². The van der Waals surface area contributed by atoms with Gasteiger partial charge in [-0.2, -0.15) is 0 Å². The number of methoxy groups -OCH3 is 1. The lowest BCUT2D eigenvalue weighted by Gasteiger charge is -2.40. The van der Waals surface area contributed by atoms with Crippen molar-refractivity contribution in [3.8, 4) is 0 Å². The molecule has 0 heterocycles. The SMILES string of the molecule is COC[C@H]1CC[C@H](N(C(N)=O)C2CCCCCC2)CC1. The van der Waals surface area contributed by atoms with Crippen LogP contribution in [0.4, 0.5) is 4.79 Å². The molecule has 0 bridgehead atoms. The minimum atomic E-state index is -0.202. The zero-order valence-electron chi connectivity index (χ0n) is 12.9. The summed E-state index contributed by atoms with van der Waals surface area (Å²) in [5.74, 6) is 0.667. The van der Waals surface area contributed by atoms with Crippen molar-refractivity contribution in [2.75, 3.05) is 13.7 Å². The summed E-state index contributed by atoms with van der Waals surface area (Å²) in [4.78, 5) is 14.0. The Bertz CT molecular complexity index is 293. The lowest BCUT2D eigenvalue weighted by molar-refractivity contribution is 0.0824. The quantitative estimate of drug-likeness (QED) is 0.804. The molecule has 2 aliphatic carbocycles. The van der Waals surface area contributed by atoms with Gasteiger partial charge in [0, 0.05) is 25.8 Å². The van der Waals surface area contributed by atoms with Gasteiger partial charge < -0.3 is 15.4 Å². The monoisotopic (exact) mass is 282 g/mol. The summed E-state index contributed by atoms with van der Waals surface area (Å²) in [6.07, 6.45) is 11.9. The fourth-order valence-electron chi connectivity index (χ4n) is 4.02. The molecule has 20 heavy (non-hydrogen) atoms. The van der Waals surface area contributed by atoms with E-state index in [-0.39, 0.29) is 6.03 Å². The van der Waals surface area contributed by atoms with E-state index in [4.69, 9.17) is 10.5 Å². The van der Waals surface area contributed by atoms with Crippen molar-refractivity contribution < 1.29 is 9.53 Å². The number of ether oxygens (including phenoxy) is 1. The molecule has 2 N–H and O–H groups in total. The van der Waals surface area contributed by atoms with E-state index in [1.54, 1.807) is 7.11 Å². The second kappa shape index (κ2) is 7.87.